The summed E-state index contributed by atoms with van der Waals surface area (Å²) < 4.78 is 0. The van der Waals surface area contributed by atoms with Gasteiger partial charge < -0.3 is 20.7 Å². The third kappa shape index (κ3) is 4.27. The molecular weight excluding hydrogens is 366 g/mol. The molecule has 0 spiro atoms. The van der Waals surface area contributed by atoms with E-state index in [1.54, 1.807) is 0 Å². The average Bonchev–Trinajstić information content (AvgIpc) is 3.19. The lowest BCUT2D eigenvalue weighted by Crippen LogP contribution is -2.42. The minimum atomic E-state index is -0.791. The number of H-pyrrole nitrogens is 1. The number of carbonyl (C=O) groups excluding carboxylic acids is 4. The van der Waals surface area contributed by atoms with E-state index < -0.39 is 42.3 Å². The smallest absolute Gasteiger partial charge is 0.520 e. The molecule has 1 aromatic carbocycles. The van der Waals surface area contributed by atoms with Crippen LogP contribution in [-0.2, 0) is 20.8 Å². The molecule has 3 rings (SSSR count). The summed E-state index contributed by atoms with van der Waals surface area (Å²) in [5.74, 6) is -1.76. The van der Waals surface area contributed by atoms with Crippen molar-refractivity contribution in [2.24, 2.45) is 5.92 Å². The Kier molecular flexibility index (Phi) is 5.57. The van der Waals surface area contributed by atoms with Crippen LogP contribution in [0, 0.1) is 5.92 Å². The maximum atomic E-state index is 12.4. The predicted molar refractivity (Wildman–Crippen MR) is 99.2 cm³/mol. The highest BCUT2D eigenvalue weighted by Crippen LogP contribution is 2.15. The Morgan fingerprint density at radius 3 is 2.79 bits per heavy atom. The van der Waals surface area contributed by atoms with Crippen LogP contribution in [0.5, 0.6) is 0 Å². The summed E-state index contributed by atoms with van der Waals surface area (Å²) in [7, 11) is 0. The van der Waals surface area contributed by atoms with Crippen molar-refractivity contribution in [3.63, 3.8) is 0 Å². The van der Waals surface area contributed by atoms with Gasteiger partial charge in [-0.2, -0.15) is 0 Å². The second kappa shape index (κ2) is 8.07. The van der Waals surface area contributed by atoms with Crippen LogP contribution in [0.25, 0.3) is 11.0 Å². The molecule has 1 aliphatic rings. The zero-order valence-electron chi connectivity index (χ0n) is 15.3. The Hall–Kier alpha value is -3.43. The van der Waals surface area contributed by atoms with Crippen molar-refractivity contribution in [1.29, 1.82) is 0 Å². The lowest BCUT2D eigenvalue weighted by Gasteiger charge is -2.13. The number of imide groups is 1. The maximum absolute atomic E-state index is 12.4. The monoisotopic (exact) mass is 388 g/mol. The van der Waals surface area contributed by atoms with Crippen LogP contribution in [0.15, 0.2) is 24.3 Å². The van der Waals surface area contributed by atoms with Crippen molar-refractivity contribution in [1.82, 2.24) is 25.5 Å². The topological polar surface area (TPSA) is 147 Å². The van der Waals surface area contributed by atoms with E-state index in [0.717, 1.165) is 15.9 Å². The number of benzene rings is 1. The number of rotatable bonds is 8. The Morgan fingerprint density at radius 1 is 1.32 bits per heavy atom. The summed E-state index contributed by atoms with van der Waals surface area (Å²) >= 11 is 0. The van der Waals surface area contributed by atoms with Gasteiger partial charge in [-0.3, -0.25) is 14.5 Å². The number of carbonyl (C=O) groups is 4. The van der Waals surface area contributed by atoms with E-state index in [1.807, 2.05) is 24.3 Å². The van der Waals surface area contributed by atoms with E-state index in [2.05, 4.69) is 20.6 Å². The van der Waals surface area contributed by atoms with Crippen molar-refractivity contribution in [2.45, 2.75) is 25.8 Å². The lowest BCUT2D eigenvalue weighted by molar-refractivity contribution is -0.141. The SMILES string of the molecule is CC(CNC(=O)CN1C(=O)NC(CCc2nc3ccccc3[nH]2)C1=O)C(=O)[OH2+]. The molecule has 1 saturated heterocycles. The minimum Gasteiger partial charge on any atom is -0.564 e. The number of aromatic nitrogens is 2. The normalized spacial score (nSPS) is 17.6. The van der Waals surface area contributed by atoms with E-state index in [1.165, 1.54) is 6.92 Å². The molecule has 1 fully saturated rings. The first-order valence-electron chi connectivity index (χ1n) is 8.93. The van der Waals surface area contributed by atoms with Crippen molar-refractivity contribution in [3.8, 4) is 0 Å². The van der Waals surface area contributed by atoms with Gasteiger partial charge in [0.15, 0.2) is 0 Å². The van der Waals surface area contributed by atoms with Crippen molar-refractivity contribution in [3.05, 3.63) is 30.1 Å². The molecule has 2 heterocycles. The molecular formula is C18H22N5O5+. The summed E-state index contributed by atoms with van der Waals surface area (Å²) in [6, 6.07) is 6.23. The first kappa shape index (κ1) is 19.3. The van der Waals surface area contributed by atoms with Gasteiger partial charge in [-0.1, -0.05) is 12.1 Å². The fraction of sp³-hybridized carbons (Fsp3) is 0.389. The van der Waals surface area contributed by atoms with E-state index in [4.69, 9.17) is 5.11 Å². The van der Waals surface area contributed by atoms with Gasteiger partial charge in [-0.25, -0.2) is 9.78 Å². The molecule has 28 heavy (non-hydrogen) atoms. The lowest BCUT2D eigenvalue weighted by atomic mass is 10.1. The second-order valence-electron chi connectivity index (χ2n) is 6.74. The van der Waals surface area contributed by atoms with Crippen molar-refractivity contribution < 1.29 is 24.3 Å². The third-order valence-corrected chi connectivity index (χ3v) is 4.57. The fourth-order valence-corrected chi connectivity index (χ4v) is 2.89. The Morgan fingerprint density at radius 2 is 2.07 bits per heavy atom. The number of aryl methyl sites for hydroxylation is 1. The molecule has 0 bridgehead atoms. The zero-order valence-corrected chi connectivity index (χ0v) is 15.3. The molecule has 2 unspecified atom stereocenters. The van der Waals surface area contributed by atoms with Crippen LogP contribution in [0.2, 0.25) is 0 Å². The molecule has 5 N–H and O–H groups in total. The zero-order chi connectivity index (χ0) is 20.3. The summed E-state index contributed by atoms with van der Waals surface area (Å²) in [5.41, 5.74) is 1.73. The Balaban J connectivity index is 1.52. The molecule has 10 nitrogen and oxygen atoms in total. The molecule has 0 saturated carbocycles. The van der Waals surface area contributed by atoms with Crippen LogP contribution < -0.4 is 10.6 Å². The number of nitrogens with zero attached hydrogens (tertiary/aromatic N) is 2. The number of urea groups is 1. The van der Waals surface area contributed by atoms with Gasteiger partial charge in [0.25, 0.3) is 5.91 Å². The number of para-hydroxylation sites is 2. The number of aromatic amines is 1. The summed E-state index contributed by atoms with van der Waals surface area (Å²) in [6.07, 6.45) is 0.821. The van der Waals surface area contributed by atoms with Crippen molar-refractivity contribution in [2.75, 3.05) is 13.1 Å². The van der Waals surface area contributed by atoms with E-state index in [9.17, 15) is 19.2 Å². The quantitative estimate of drug-likeness (QED) is 0.409. The number of amides is 4. The summed E-state index contributed by atoms with van der Waals surface area (Å²) in [4.78, 5) is 55.7. The number of hydrogen-bond donors (Lipinski definition) is 3. The Labute approximate surface area is 160 Å². The summed E-state index contributed by atoms with van der Waals surface area (Å²) in [6.45, 7) is 1.07. The maximum Gasteiger partial charge on any atom is 0.520 e. The average molecular weight is 388 g/mol. The number of hydrogen-bond acceptors (Lipinski definition) is 5. The van der Waals surface area contributed by atoms with Crippen LogP contribution in [-0.4, -0.2) is 62.9 Å². The molecule has 148 valence electrons. The molecule has 1 aromatic heterocycles. The first-order valence-corrected chi connectivity index (χ1v) is 8.93. The predicted octanol–water partition coefficient (Wildman–Crippen LogP) is -0.581. The molecule has 1 aliphatic heterocycles. The molecule has 10 heteroatoms. The highest BCUT2D eigenvalue weighted by Gasteiger charge is 2.38. The molecule has 2 aromatic rings. The number of imidazole rings is 1. The fourth-order valence-electron chi connectivity index (χ4n) is 2.89. The van der Waals surface area contributed by atoms with E-state index in [0.29, 0.717) is 18.7 Å². The van der Waals surface area contributed by atoms with Gasteiger partial charge >= 0.3 is 12.0 Å². The summed E-state index contributed by atoms with van der Waals surface area (Å²) in [5, 5.41) is 12.0. The Bertz CT molecular complexity index is 891. The molecule has 0 radical (unpaired) electrons. The second-order valence-corrected chi connectivity index (χ2v) is 6.74. The highest BCUT2D eigenvalue weighted by atomic mass is 16.4. The van der Waals surface area contributed by atoms with Gasteiger partial charge in [0.2, 0.25) is 5.91 Å². The highest BCUT2D eigenvalue weighted by molar-refractivity contribution is 6.06. The van der Waals surface area contributed by atoms with Crippen LogP contribution in [0.1, 0.15) is 19.2 Å². The van der Waals surface area contributed by atoms with Crippen LogP contribution >= 0.6 is 0 Å². The van der Waals surface area contributed by atoms with Crippen molar-refractivity contribution >= 4 is 34.8 Å². The minimum absolute atomic E-state index is 0.0136. The third-order valence-electron chi connectivity index (χ3n) is 4.57. The molecule has 2 atom stereocenters. The van der Waals surface area contributed by atoms with Crippen LogP contribution in [0.4, 0.5) is 4.79 Å². The number of nitrogens with one attached hydrogen (secondary N) is 3. The van der Waals surface area contributed by atoms with Gasteiger partial charge in [-0.05, 0) is 25.5 Å². The standard InChI is InChI=1S/C18H21N5O5/c1-10(17(26)27)8-19-15(24)9-23-16(25)13(22-18(23)28)6-7-14-20-11-4-2-3-5-12(11)21-14/h2-5,10,13H,6-9H2,1H3,(H,19,24)(H,20,21)(H,22,28)(H,26,27)/p+1. The van der Waals surface area contributed by atoms with Gasteiger partial charge in [0.1, 0.15) is 24.3 Å². The van der Waals surface area contributed by atoms with E-state index in [-0.39, 0.29) is 6.54 Å². The van der Waals surface area contributed by atoms with Crippen LogP contribution in [0.3, 0.4) is 0 Å². The molecule has 0 aliphatic carbocycles. The first-order chi connectivity index (χ1) is 13.3. The van der Waals surface area contributed by atoms with Gasteiger partial charge in [0.05, 0.1) is 11.0 Å². The largest absolute Gasteiger partial charge is 0.564 e. The van der Waals surface area contributed by atoms with Gasteiger partial charge in [0, 0.05) is 17.8 Å². The molecule has 4 amide bonds. The van der Waals surface area contributed by atoms with Gasteiger partial charge in [-0.15, -0.1) is 0 Å². The van der Waals surface area contributed by atoms with E-state index >= 15 is 0 Å². The number of fused-ring (bicyclic) bond motifs is 1.